The average Bonchev–Trinajstić information content (AvgIpc) is 2.77. The van der Waals surface area contributed by atoms with E-state index in [0.717, 1.165) is 0 Å². The Morgan fingerprint density at radius 2 is 2.00 bits per heavy atom. The van der Waals surface area contributed by atoms with Gasteiger partial charge >= 0.3 is 5.97 Å². The Balaban J connectivity index is 2.27. The van der Waals surface area contributed by atoms with Gasteiger partial charge in [-0.25, -0.2) is 0 Å². The highest BCUT2D eigenvalue weighted by Gasteiger charge is 2.59. The molecule has 2 heterocycles. The fourth-order valence-electron chi connectivity index (χ4n) is 2.56. The summed E-state index contributed by atoms with van der Waals surface area (Å²) in [7, 11) is -3.78. The van der Waals surface area contributed by atoms with Crippen LogP contribution in [0.5, 0.6) is 0 Å². The van der Waals surface area contributed by atoms with Crippen molar-refractivity contribution in [2.45, 2.75) is 45.7 Å². The molecule has 2 aliphatic heterocycles. The first-order valence-electron chi connectivity index (χ1n) is 6.49. The molecule has 3 atom stereocenters. The van der Waals surface area contributed by atoms with Crippen LogP contribution in [0.1, 0.15) is 27.7 Å². The van der Waals surface area contributed by atoms with E-state index in [1.807, 2.05) is 0 Å². The molecule has 7 nitrogen and oxygen atoms in total. The lowest BCUT2D eigenvalue weighted by Crippen LogP contribution is -2.47. The monoisotopic (exact) mass is 308 g/mol. The fourth-order valence-corrected chi connectivity index (χ4v) is 4.29. The molecule has 20 heavy (non-hydrogen) atoms. The zero-order valence-electron chi connectivity index (χ0n) is 12.0. The molecule has 0 radical (unpaired) electrons. The molecule has 0 aromatic heterocycles. The Kier molecular flexibility index (Phi) is 3.87. The SMILES string of the molecule is CCOC(=O)C1(C)CS(=O)(=O)OC1C1COC(C)(C)O1. The largest absolute Gasteiger partial charge is 0.465 e. The second-order valence-corrected chi connectivity index (χ2v) is 7.32. The summed E-state index contributed by atoms with van der Waals surface area (Å²) in [6, 6.07) is 0. The lowest BCUT2D eigenvalue weighted by Gasteiger charge is -2.29. The van der Waals surface area contributed by atoms with Gasteiger partial charge in [0.05, 0.1) is 19.0 Å². The maximum absolute atomic E-state index is 12.1. The van der Waals surface area contributed by atoms with Crippen molar-refractivity contribution < 1.29 is 31.6 Å². The van der Waals surface area contributed by atoms with Crippen LogP contribution in [0.2, 0.25) is 0 Å². The highest BCUT2D eigenvalue weighted by molar-refractivity contribution is 7.87. The molecule has 2 saturated heterocycles. The first-order valence-corrected chi connectivity index (χ1v) is 8.07. The van der Waals surface area contributed by atoms with Gasteiger partial charge in [0, 0.05) is 0 Å². The van der Waals surface area contributed by atoms with Crippen molar-refractivity contribution in [1.82, 2.24) is 0 Å². The quantitative estimate of drug-likeness (QED) is 0.552. The van der Waals surface area contributed by atoms with Crippen LogP contribution >= 0.6 is 0 Å². The second kappa shape index (κ2) is 4.94. The first kappa shape index (κ1) is 15.7. The summed E-state index contributed by atoms with van der Waals surface area (Å²) >= 11 is 0. The van der Waals surface area contributed by atoms with Gasteiger partial charge in [-0.1, -0.05) is 0 Å². The maximum atomic E-state index is 12.1. The summed E-state index contributed by atoms with van der Waals surface area (Å²) < 4.78 is 44.6. The third kappa shape index (κ3) is 2.83. The third-order valence-electron chi connectivity index (χ3n) is 3.46. The Labute approximate surface area is 118 Å². The average molecular weight is 308 g/mol. The minimum absolute atomic E-state index is 0.169. The summed E-state index contributed by atoms with van der Waals surface area (Å²) in [4.78, 5) is 12.1. The molecule has 0 N–H and O–H groups in total. The molecule has 0 saturated carbocycles. The predicted octanol–water partition coefficient (Wildman–Crippen LogP) is 0.436. The Bertz CT molecular complexity index is 498. The van der Waals surface area contributed by atoms with Gasteiger partial charge in [0.15, 0.2) is 5.79 Å². The lowest BCUT2D eigenvalue weighted by molar-refractivity contribution is -0.171. The van der Waals surface area contributed by atoms with Crippen LogP contribution in [0, 0.1) is 5.41 Å². The molecule has 0 aliphatic carbocycles. The van der Waals surface area contributed by atoms with Crippen LogP contribution in [0.25, 0.3) is 0 Å². The molecule has 0 spiro atoms. The third-order valence-corrected chi connectivity index (χ3v) is 4.92. The number of rotatable bonds is 3. The Morgan fingerprint density at radius 1 is 1.35 bits per heavy atom. The fraction of sp³-hybridized carbons (Fsp3) is 0.917. The Hall–Kier alpha value is -0.700. The molecule has 2 rings (SSSR count). The molecule has 0 amide bonds. The van der Waals surface area contributed by atoms with Crippen LogP contribution in [0.3, 0.4) is 0 Å². The van der Waals surface area contributed by atoms with Crippen molar-refractivity contribution in [3.63, 3.8) is 0 Å². The molecule has 0 aromatic rings. The Morgan fingerprint density at radius 3 is 2.50 bits per heavy atom. The maximum Gasteiger partial charge on any atom is 0.315 e. The van der Waals surface area contributed by atoms with Crippen LogP contribution < -0.4 is 0 Å². The van der Waals surface area contributed by atoms with Gasteiger partial charge in [0.1, 0.15) is 17.6 Å². The topological polar surface area (TPSA) is 88.1 Å². The zero-order valence-corrected chi connectivity index (χ0v) is 12.9. The summed E-state index contributed by atoms with van der Waals surface area (Å²) in [6.07, 6.45) is -1.56. The summed E-state index contributed by atoms with van der Waals surface area (Å²) in [6.45, 7) is 6.97. The van der Waals surface area contributed by atoms with Crippen molar-refractivity contribution in [2.75, 3.05) is 19.0 Å². The molecular formula is C12H20O7S. The van der Waals surface area contributed by atoms with Gasteiger partial charge in [0.2, 0.25) is 0 Å². The number of carbonyl (C=O) groups is 1. The van der Waals surface area contributed by atoms with Gasteiger partial charge in [-0.05, 0) is 27.7 Å². The van der Waals surface area contributed by atoms with Gasteiger partial charge in [-0.15, -0.1) is 0 Å². The van der Waals surface area contributed by atoms with E-state index in [1.165, 1.54) is 6.92 Å². The van der Waals surface area contributed by atoms with Crippen LogP contribution in [0.4, 0.5) is 0 Å². The smallest absolute Gasteiger partial charge is 0.315 e. The van der Waals surface area contributed by atoms with Crippen LogP contribution in [-0.4, -0.2) is 51.3 Å². The predicted molar refractivity (Wildman–Crippen MR) is 68.3 cm³/mol. The van der Waals surface area contributed by atoms with Crippen LogP contribution in [0.15, 0.2) is 0 Å². The van der Waals surface area contributed by atoms with E-state index in [1.54, 1.807) is 20.8 Å². The lowest BCUT2D eigenvalue weighted by atomic mass is 9.83. The van der Waals surface area contributed by atoms with Gasteiger partial charge < -0.3 is 14.2 Å². The van der Waals surface area contributed by atoms with Crippen molar-refractivity contribution in [3.8, 4) is 0 Å². The van der Waals surface area contributed by atoms with Crippen molar-refractivity contribution in [1.29, 1.82) is 0 Å². The summed E-state index contributed by atoms with van der Waals surface area (Å²) in [5.41, 5.74) is -1.29. The number of carbonyl (C=O) groups excluding carboxylic acids is 1. The molecule has 0 bridgehead atoms. The van der Waals surface area contributed by atoms with E-state index >= 15 is 0 Å². The molecule has 116 valence electrons. The summed E-state index contributed by atoms with van der Waals surface area (Å²) in [5, 5.41) is 0. The van der Waals surface area contributed by atoms with E-state index in [9.17, 15) is 13.2 Å². The van der Waals surface area contributed by atoms with Crippen LogP contribution in [-0.2, 0) is 33.3 Å². The van der Waals surface area contributed by atoms with E-state index in [0.29, 0.717) is 0 Å². The van der Waals surface area contributed by atoms with Gasteiger partial charge in [-0.2, -0.15) is 8.42 Å². The number of esters is 1. The van der Waals surface area contributed by atoms with E-state index in [2.05, 4.69) is 0 Å². The van der Waals surface area contributed by atoms with Crippen molar-refractivity contribution >= 4 is 16.1 Å². The minimum atomic E-state index is -3.78. The second-order valence-electron chi connectivity index (χ2n) is 5.72. The van der Waals surface area contributed by atoms with E-state index in [4.69, 9.17) is 18.4 Å². The van der Waals surface area contributed by atoms with Crippen molar-refractivity contribution in [3.05, 3.63) is 0 Å². The molecule has 0 aromatic carbocycles. The highest BCUT2D eigenvalue weighted by atomic mass is 32.2. The number of ether oxygens (including phenoxy) is 3. The van der Waals surface area contributed by atoms with Crippen molar-refractivity contribution in [2.24, 2.45) is 5.41 Å². The standard InChI is InChI=1S/C12H20O7S/c1-5-16-10(13)12(4)7-20(14,15)19-9(12)8-6-17-11(2,3)18-8/h8-9H,5-7H2,1-4H3. The summed E-state index contributed by atoms with van der Waals surface area (Å²) in [5.74, 6) is -1.83. The van der Waals surface area contributed by atoms with E-state index < -0.39 is 45.3 Å². The zero-order chi connectivity index (χ0) is 15.2. The molecule has 3 unspecified atom stereocenters. The first-order chi connectivity index (χ1) is 9.10. The molecular weight excluding hydrogens is 288 g/mol. The molecule has 2 fully saturated rings. The minimum Gasteiger partial charge on any atom is -0.465 e. The van der Waals surface area contributed by atoms with Gasteiger partial charge in [0.25, 0.3) is 10.1 Å². The van der Waals surface area contributed by atoms with E-state index in [-0.39, 0.29) is 13.2 Å². The number of hydrogen-bond donors (Lipinski definition) is 0. The normalized spacial score (nSPS) is 38.8. The van der Waals surface area contributed by atoms with Gasteiger partial charge in [-0.3, -0.25) is 8.98 Å². The molecule has 2 aliphatic rings. The molecule has 8 heteroatoms. The highest BCUT2D eigenvalue weighted by Crippen LogP contribution is 2.41. The number of hydrogen-bond acceptors (Lipinski definition) is 7.